The number of rotatable bonds is 7. The molecule has 1 aromatic heterocycles. The van der Waals surface area contributed by atoms with E-state index in [-0.39, 0.29) is 23.6 Å². The second-order valence-corrected chi connectivity index (χ2v) is 5.50. The lowest BCUT2D eigenvalue weighted by atomic mass is 10.1. The summed E-state index contributed by atoms with van der Waals surface area (Å²) in [5.74, 6) is 0.251. The van der Waals surface area contributed by atoms with E-state index in [2.05, 4.69) is 32.4 Å². The monoisotopic (exact) mass is 318 g/mol. The van der Waals surface area contributed by atoms with Gasteiger partial charge in [0.05, 0.1) is 5.75 Å². The Labute approximate surface area is 132 Å². The number of hydrogen-bond acceptors (Lipinski definition) is 7. The molecule has 1 amide bonds. The fourth-order valence-corrected chi connectivity index (χ4v) is 2.48. The van der Waals surface area contributed by atoms with Gasteiger partial charge in [0.25, 0.3) is 0 Å². The SMILES string of the molecule is Nc1nc(N)nc(SCC(=O)NCCCc2ccccc2)n1. The van der Waals surface area contributed by atoms with Gasteiger partial charge in [-0.3, -0.25) is 4.79 Å². The zero-order valence-corrected chi connectivity index (χ0v) is 12.8. The number of amides is 1. The highest BCUT2D eigenvalue weighted by atomic mass is 32.2. The lowest BCUT2D eigenvalue weighted by Gasteiger charge is -2.05. The van der Waals surface area contributed by atoms with Gasteiger partial charge in [0.15, 0.2) is 5.16 Å². The molecule has 116 valence electrons. The van der Waals surface area contributed by atoms with Gasteiger partial charge in [-0.2, -0.15) is 15.0 Å². The molecule has 0 unspecified atom stereocenters. The van der Waals surface area contributed by atoms with Gasteiger partial charge in [0.1, 0.15) is 0 Å². The number of anilines is 2. The van der Waals surface area contributed by atoms with Crippen molar-refractivity contribution < 1.29 is 4.79 Å². The number of nitrogens with zero attached hydrogens (tertiary/aromatic N) is 3. The van der Waals surface area contributed by atoms with Crippen LogP contribution in [0.1, 0.15) is 12.0 Å². The Morgan fingerprint density at radius 1 is 1.09 bits per heavy atom. The molecule has 8 heteroatoms. The van der Waals surface area contributed by atoms with Crippen LogP contribution < -0.4 is 16.8 Å². The maximum absolute atomic E-state index is 11.7. The summed E-state index contributed by atoms with van der Waals surface area (Å²) in [6.07, 6.45) is 1.83. The molecule has 0 aliphatic rings. The maximum atomic E-state index is 11.7. The van der Waals surface area contributed by atoms with Crippen LogP contribution >= 0.6 is 11.8 Å². The van der Waals surface area contributed by atoms with E-state index in [4.69, 9.17) is 11.5 Å². The Morgan fingerprint density at radius 2 is 1.77 bits per heavy atom. The van der Waals surface area contributed by atoms with Crippen molar-refractivity contribution in [1.29, 1.82) is 0 Å². The molecule has 0 radical (unpaired) electrons. The van der Waals surface area contributed by atoms with Crippen LogP contribution in [-0.2, 0) is 11.2 Å². The van der Waals surface area contributed by atoms with Crippen LogP contribution in [0.5, 0.6) is 0 Å². The third kappa shape index (κ3) is 5.57. The van der Waals surface area contributed by atoms with E-state index in [9.17, 15) is 4.79 Å². The first-order chi connectivity index (χ1) is 10.6. The Hall–Kier alpha value is -2.35. The van der Waals surface area contributed by atoms with Crippen LogP contribution in [0.25, 0.3) is 0 Å². The molecule has 0 aliphatic heterocycles. The van der Waals surface area contributed by atoms with Crippen LogP contribution in [0.3, 0.4) is 0 Å². The van der Waals surface area contributed by atoms with Gasteiger partial charge < -0.3 is 16.8 Å². The first-order valence-corrected chi connectivity index (χ1v) is 7.82. The summed E-state index contributed by atoms with van der Waals surface area (Å²) < 4.78 is 0. The van der Waals surface area contributed by atoms with Crippen molar-refractivity contribution in [1.82, 2.24) is 20.3 Å². The number of aryl methyl sites for hydroxylation is 1. The third-order valence-corrected chi connectivity index (χ3v) is 3.64. The molecule has 0 aliphatic carbocycles. The van der Waals surface area contributed by atoms with E-state index < -0.39 is 0 Å². The quantitative estimate of drug-likeness (QED) is 0.512. The molecule has 0 spiro atoms. The van der Waals surface area contributed by atoms with Crippen molar-refractivity contribution in [2.45, 2.75) is 18.0 Å². The first kappa shape index (κ1) is 16.0. The second kappa shape index (κ2) is 8.18. The van der Waals surface area contributed by atoms with Crippen molar-refractivity contribution in [2.24, 2.45) is 0 Å². The topological polar surface area (TPSA) is 120 Å². The van der Waals surface area contributed by atoms with Gasteiger partial charge in [0, 0.05) is 6.54 Å². The summed E-state index contributed by atoms with van der Waals surface area (Å²) in [4.78, 5) is 23.2. The molecule has 7 nitrogen and oxygen atoms in total. The molecule has 0 saturated carbocycles. The zero-order chi connectivity index (χ0) is 15.8. The highest BCUT2D eigenvalue weighted by Crippen LogP contribution is 2.13. The molecule has 5 N–H and O–H groups in total. The van der Waals surface area contributed by atoms with E-state index in [1.165, 1.54) is 17.3 Å². The highest BCUT2D eigenvalue weighted by Gasteiger charge is 2.06. The van der Waals surface area contributed by atoms with Crippen LogP contribution in [0, 0.1) is 0 Å². The number of thioether (sulfide) groups is 1. The van der Waals surface area contributed by atoms with Crippen molar-refractivity contribution in [3.05, 3.63) is 35.9 Å². The second-order valence-electron chi connectivity index (χ2n) is 4.56. The summed E-state index contributed by atoms with van der Waals surface area (Å²) in [6.45, 7) is 0.635. The Balaban J connectivity index is 1.65. The van der Waals surface area contributed by atoms with E-state index in [1.807, 2.05) is 18.2 Å². The van der Waals surface area contributed by atoms with Gasteiger partial charge in [-0.05, 0) is 18.4 Å². The largest absolute Gasteiger partial charge is 0.368 e. The van der Waals surface area contributed by atoms with E-state index in [0.29, 0.717) is 11.7 Å². The molecule has 0 bridgehead atoms. The molecule has 0 atom stereocenters. The standard InChI is InChI=1S/C14H18N6OS/c15-12-18-13(16)20-14(19-12)22-9-11(21)17-8-4-7-10-5-2-1-3-6-10/h1-3,5-6H,4,7-9H2,(H,17,21)(H4,15,16,18,19,20). The summed E-state index contributed by atoms with van der Waals surface area (Å²) in [5, 5.41) is 3.21. The summed E-state index contributed by atoms with van der Waals surface area (Å²) in [7, 11) is 0. The average Bonchev–Trinajstić information content (AvgIpc) is 2.50. The van der Waals surface area contributed by atoms with E-state index in [1.54, 1.807) is 0 Å². The van der Waals surface area contributed by atoms with Crippen molar-refractivity contribution in [3.63, 3.8) is 0 Å². The number of nitrogen functional groups attached to an aromatic ring is 2. The zero-order valence-electron chi connectivity index (χ0n) is 12.0. The van der Waals surface area contributed by atoms with Gasteiger partial charge in [-0.1, -0.05) is 42.1 Å². The number of hydrogen-bond donors (Lipinski definition) is 3. The fourth-order valence-electron chi connectivity index (χ4n) is 1.80. The number of nitrogens with one attached hydrogen (secondary N) is 1. The minimum Gasteiger partial charge on any atom is -0.368 e. The summed E-state index contributed by atoms with van der Waals surface area (Å²) in [5.41, 5.74) is 12.2. The Morgan fingerprint density at radius 3 is 2.45 bits per heavy atom. The first-order valence-electron chi connectivity index (χ1n) is 6.84. The highest BCUT2D eigenvalue weighted by molar-refractivity contribution is 7.99. The Bertz CT molecular complexity index is 602. The van der Waals surface area contributed by atoms with Crippen molar-refractivity contribution in [3.8, 4) is 0 Å². The van der Waals surface area contributed by atoms with E-state index in [0.717, 1.165) is 12.8 Å². The minimum atomic E-state index is -0.0735. The molecule has 0 saturated heterocycles. The predicted octanol–water partition coefficient (Wildman–Crippen LogP) is 0.877. The minimum absolute atomic E-state index is 0.0540. The molecular weight excluding hydrogens is 300 g/mol. The normalized spacial score (nSPS) is 10.4. The van der Waals surface area contributed by atoms with Crippen LogP contribution in [-0.4, -0.2) is 33.2 Å². The molecular formula is C14H18N6OS. The smallest absolute Gasteiger partial charge is 0.230 e. The molecule has 1 aromatic carbocycles. The maximum Gasteiger partial charge on any atom is 0.230 e. The predicted molar refractivity (Wildman–Crippen MR) is 87.1 cm³/mol. The van der Waals surface area contributed by atoms with Crippen molar-refractivity contribution >= 4 is 29.6 Å². The number of carbonyl (C=O) groups excluding carboxylic acids is 1. The number of carbonyl (C=O) groups is 1. The van der Waals surface area contributed by atoms with Crippen LogP contribution in [0.15, 0.2) is 35.5 Å². The van der Waals surface area contributed by atoms with E-state index >= 15 is 0 Å². The van der Waals surface area contributed by atoms with Crippen molar-refractivity contribution in [2.75, 3.05) is 23.8 Å². The number of benzene rings is 1. The van der Waals surface area contributed by atoms with Gasteiger partial charge in [-0.15, -0.1) is 0 Å². The summed E-state index contributed by atoms with van der Waals surface area (Å²) >= 11 is 1.18. The van der Waals surface area contributed by atoms with Gasteiger partial charge >= 0.3 is 0 Å². The average molecular weight is 318 g/mol. The van der Waals surface area contributed by atoms with Gasteiger partial charge in [-0.25, -0.2) is 0 Å². The van der Waals surface area contributed by atoms with Crippen LogP contribution in [0.2, 0.25) is 0 Å². The fraction of sp³-hybridized carbons (Fsp3) is 0.286. The van der Waals surface area contributed by atoms with Gasteiger partial charge in [0.2, 0.25) is 17.8 Å². The molecule has 22 heavy (non-hydrogen) atoms. The third-order valence-electron chi connectivity index (χ3n) is 2.79. The Kier molecular flexibility index (Phi) is 5.96. The molecule has 2 rings (SSSR count). The lowest BCUT2D eigenvalue weighted by molar-refractivity contribution is -0.118. The number of nitrogens with two attached hydrogens (primary N) is 2. The number of aromatic nitrogens is 3. The lowest BCUT2D eigenvalue weighted by Crippen LogP contribution is -2.26. The molecule has 0 fully saturated rings. The summed E-state index contributed by atoms with van der Waals surface area (Å²) in [6, 6.07) is 10.2. The van der Waals surface area contributed by atoms with Crippen LogP contribution in [0.4, 0.5) is 11.9 Å². The molecule has 1 heterocycles. The molecule has 2 aromatic rings.